The van der Waals surface area contributed by atoms with Gasteiger partial charge in [0, 0.05) is 5.69 Å². The third kappa shape index (κ3) is 3.24. The van der Waals surface area contributed by atoms with Crippen molar-refractivity contribution in [2.24, 2.45) is 5.73 Å². The first kappa shape index (κ1) is 10.3. The van der Waals surface area contributed by atoms with Crippen molar-refractivity contribution < 1.29 is 8.78 Å². The van der Waals surface area contributed by atoms with E-state index in [0.29, 0.717) is 0 Å². The number of hydrogen-bond donors (Lipinski definition) is 1. The van der Waals surface area contributed by atoms with E-state index in [4.69, 9.17) is 17.3 Å². The lowest BCUT2D eigenvalue weighted by atomic mass is 10.2. The lowest BCUT2D eigenvalue weighted by Gasteiger charge is -2.12. The normalized spacial score (nSPS) is 11.7. The van der Waals surface area contributed by atoms with E-state index in [1.165, 1.54) is 12.1 Å². The van der Waals surface area contributed by atoms with E-state index in [9.17, 15) is 8.78 Å². The number of nitrogens with zero attached hydrogens (tertiary/aromatic N) is 1. The van der Waals surface area contributed by atoms with Gasteiger partial charge in [0.15, 0.2) is 0 Å². The quantitative estimate of drug-likeness (QED) is 0.767. The second-order valence-corrected chi connectivity index (χ2v) is 3.08. The summed E-state index contributed by atoms with van der Waals surface area (Å²) >= 11 is 5.53. The van der Waals surface area contributed by atoms with Gasteiger partial charge in [0.1, 0.15) is 5.15 Å². The minimum atomic E-state index is -2.91. The Balaban J connectivity index is 2.74. The standard InChI is InChI=1S/C8H9ClF2N2/c9-7-3-1-2-6(13-7)4-8(10,11)5-12/h1-3H,4-5,12H2. The lowest BCUT2D eigenvalue weighted by molar-refractivity contribution is 0.0105. The van der Waals surface area contributed by atoms with Crippen molar-refractivity contribution in [1.82, 2.24) is 4.98 Å². The Morgan fingerprint density at radius 2 is 2.15 bits per heavy atom. The maximum atomic E-state index is 12.8. The lowest BCUT2D eigenvalue weighted by Crippen LogP contribution is -2.30. The molecule has 2 N–H and O–H groups in total. The predicted molar refractivity (Wildman–Crippen MR) is 47.0 cm³/mol. The Morgan fingerprint density at radius 3 is 2.69 bits per heavy atom. The molecule has 1 rings (SSSR count). The molecule has 0 radical (unpaired) electrons. The summed E-state index contributed by atoms with van der Waals surface area (Å²) in [7, 11) is 0. The summed E-state index contributed by atoms with van der Waals surface area (Å²) in [6.07, 6.45) is -0.468. The third-order valence-electron chi connectivity index (χ3n) is 1.51. The molecule has 5 heteroatoms. The van der Waals surface area contributed by atoms with Gasteiger partial charge in [0.2, 0.25) is 0 Å². The Labute approximate surface area is 79.7 Å². The summed E-state index contributed by atoms with van der Waals surface area (Å²) in [6.45, 7) is -0.679. The summed E-state index contributed by atoms with van der Waals surface area (Å²) in [4.78, 5) is 3.74. The molecule has 0 unspecified atom stereocenters. The van der Waals surface area contributed by atoms with E-state index in [1.807, 2.05) is 0 Å². The SMILES string of the molecule is NCC(F)(F)Cc1cccc(Cl)n1. The van der Waals surface area contributed by atoms with Gasteiger partial charge in [-0.3, -0.25) is 0 Å². The number of hydrogen-bond acceptors (Lipinski definition) is 2. The van der Waals surface area contributed by atoms with Gasteiger partial charge >= 0.3 is 0 Å². The van der Waals surface area contributed by atoms with Crippen molar-refractivity contribution in [2.45, 2.75) is 12.3 Å². The van der Waals surface area contributed by atoms with Crippen LogP contribution in [-0.4, -0.2) is 17.5 Å². The highest BCUT2D eigenvalue weighted by molar-refractivity contribution is 6.29. The Hall–Kier alpha value is -0.740. The average molecular weight is 207 g/mol. The van der Waals surface area contributed by atoms with Crippen LogP contribution in [0.2, 0.25) is 5.15 Å². The van der Waals surface area contributed by atoms with Gasteiger partial charge in [-0.25, -0.2) is 13.8 Å². The van der Waals surface area contributed by atoms with Gasteiger partial charge in [-0.15, -0.1) is 0 Å². The molecule has 0 spiro atoms. The minimum absolute atomic E-state index is 0.213. The zero-order valence-electron chi connectivity index (χ0n) is 6.80. The number of alkyl halides is 2. The highest BCUT2D eigenvalue weighted by Crippen LogP contribution is 2.18. The predicted octanol–water partition coefficient (Wildman–Crippen LogP) is 1.87. The van der Waals surface area contributed by atoms with E-state index < -0.39 is 18.9 Å². The second kappa shape index (κ2) is 3.98. The molecule has 0 bridgehead atoms. The van der Waals surface area contributed by atoms with Gasteiger partial charge in [-0.2, -0.15) is 0 Å². The van der Waals surface area contributed by atoms with Crippen molar-refractivity contribution in [3.63, 3.8) is 0 Å². The maximum Gasteiger partial charge on any atom is 0.265 e. The van der Waals surface area contributed by atoms with Crippen LogP contribution in [0.3, 0.4) is 0 Å². The molecule has 1 aromatic heterocycles. The van der Waals surface area contributed by atoms with Crippen molar-refractivity contribution >= 4 is 11.6 Å². The topological polar surface area (TPSA) is 38.9 Å². The molecule has 72 valence electrons. The summed E-state index contributed by atoms with van der Waals surface area (Å²) in [5, 5.41) is 0.213. The molecule has 0 amide bonds. The largest absolute Gasteiger partial charge is 0.325 e. The van der Waals surface area contributed by atoms with Crippen molar-refractivity contribution in [2.75, 3.05) is 6.54 Å². The van der Waals surface area contributed by atoms with E-state index >= 15 is 0 Å². The van der Waals surface area contributed by atoms with Crippen LogP contribution in [0.1, 0.15) is 5.69 Å². The Kier molecular flexibility index (Phi) is 3.17. The molecular weight excluding hydrogens is 198 g/mol. The zero-order valence-corrected chi connectivity index (χ0v) is 7.56. The van der Waals surface area contributed by atoms with Crippen molar-refractivity contribution in [3.8, 4) is 0 Å². The molecule has 0 aliphatic heterocycles. The monoisotopic (exact) mass is 206 g/mol. The average Bonchev–Trinajstić information content (AvgIpc) is 2.03. The third-order valence-corrected chi connectivity index (χ3v) is 1.72. The molecule has 1 aromatic rings. The number of nitrogens with two attached hydrogens (primary N) is 1. The molecule has 13 heavy (non-hydrogen) atoms. The summed E-state index contributed by atoms with van der Waals surface area (Å²) < 4.78 is 25.5. The van der Waals surface area contributed by atoms with Gasteiger partial charge < -0.3 is 5.73 Å². The van der Waals surface area contributed by atoms with E-state index in [2.05, 4.69) is 4.98 Å². The highest BCUT2D eigenvalue weighted by atomic mass is 35.5. The molecule has 2 nitrogen and oxygen atoms in total. The van der Waals surface area contributed by atoms with Crippen LogP contribution in [0.15, 0.2) is 18.2 Å². The first-order valence-corrected chi connectivity index (χ1v) is 4.11. The van der Waals surface area contributed by atoms with Crippen LogP contribution in [-0.2, 0) is 6.42 Å². The first-order valence-electron chi connectivity index (χ1n) is 3.73. The molecule has 0 aromatic carbocycles. The van der Waals surface area contributed by atoms with Gasteiger partial charge in [0.25, 0.3) is 5.92 Å². The first-order chi connectivity index (χ1) is 6.03. The summed E-state index contributed by atoms with van der Waals surface area (Å²) in [5.74, 6) is -2.91. The van der Waals surface area contributed by atoms with Crippen LogP contribution >= 0.6 is 11.6 Å². The second-order valence-electron chi connectivity index (χ2n) is 2.69. The molecule has 0 aliphatic carbocycles. The maximum absolute atomic E-state index is 12.8. The summed E-state index contributed by atoms with van der Waals surface area (Å²) in [5.41, 5.74) is 5.13. The van der Waals surface area contributed by atoms with Crippen LogP contribution < -0.4 is 5.73 Å². The zero-order chi connectivity index (χ0) is 9.90. The summed E-state index contributed by atoms with van der Waals surface area (Å²) in [6, 6.07) is 4.61. The highest BCUT2D eigenvalue weighted by Gasteiger charge is 2.27. The fourth-order valence-corrected chi connectivity index (χ4v) is 1.07. The fourth-order valence-electron chi connectivity index (χ4n) is 0.886. The molecule has 0 saturated carbocycles. The number of pyridine rings is 1. The molecule has 1 heterocycles. The van der Waals surface area contributed by atoms with E-state index in [1.54, 1.807) is 6.07 Å². The minimum Gasteiger partial charge on any atom is -0.325 e. The van der Waals surface area contributed by atoms with Gasteiger partial charge in [0.05, 0.1) is 13.0 Å². The van der Waals surface area contributed by atoms with Gasteiger partial charge in [-0.1, -0.05) is 17.7 Å². The fraction of sp³-hybridized carbons (Fsp3) is 0.375. The Bertz CT molecular complexity index is 291. The van der Waals surface area contributed by atoms with Crippen LogP contribution in [0.5, 0.6) is 0 Å². The molecule has 0 aliphatic rings. The molecular formula is C8H9ClF2N2. The smallest absolute Gasteiger partial charge is 0.265 e. The van der Waals surface area contributed by atoms with Crippen molar-refractivity contribution in [3.05, 3.63) is 29.0 Å². The van der Waals surface area contributed by atoms with Crippen LogP contribution in [0.25, 0.3) is 0 Å². The van der Waals surface area contributed by atoms with E-state index in [-0.39, 0.29) is 10.8 Å². The molecule has 0 fully saturated rings. The number of aromatic nitrogens is 1. The number of halogens is 3. The van der Waals surface area contributed by atoms with Crippen molar-refractivity contribution in [1.29, 1.82) is 0 Å². The van der Waals surface area contributed by atoms with Gasteiger partial charge in [-0.05, 0) is 12.1 Å². The number of rotatable bonds is 3. The van der Waals surface area contributed by atoms with Crippen LogP contribution in [0.4, 0.5) is 8.78 Å². The van der Waals surface area contributed by atoms with E-state index in [0.717, 1.165) is 0 Å². The Morgan fingerprint density at radius 1 is 1.46 bits per heavy atom. The molecule has 0 saturated heterocycles. The molecule has 0 atom stereocenters. The van der Waals surface area contributed by atoms with Crippen LogP contribution in [0, 0.1) is 0 Å².